The highest BCUT2D eigenvalue weighted by atomic mass is 35.5. The number of hydrogen-bond donors (Lipinski definition) is 2. The molecule has 1 aromatic rings. The van der Waals surface area contributed by atoms with E-state index in [0.717, 1.165) is 0 Å². The minimum atomic E-state index is -1.27. The summed E-state index contributed by atoms with van der Waals surface area (Å²) in [4.78, 5) is 22.5. The zero-order valence-corrected chi connectivity index (χ0v) is 12.0. The van der Waals surface area contributed by atoms with Crippen LogP contribution in [0.25, 0.3) is 0 Å². The molecule has 0 saturated heterocycles. The second-order valence-corrected chi connectivity index (χ2v) is 6.52. The van der Waals surface area contributed by atoms with Gasteiger partial charge in [-0.05, 0) is 18.2 Å². The van der Waals surface area contributed by atoms with Crippen LogP contribution in [0.4, 0.5) is 5.69 Å². The van der Waals surface area contributed by atoms with E-state index < -0.39 is 22.7 Å². The van der Waals surface area contributed by atoms with Crippen molar-refractivity contribution in [3.8, 4) is 0 Å². The molecule has 0 aliphatic carbocycles. The Morgan fingerprint density at radius 2 is 2.05 bits per heavy atom. The second-order valence-electron chi connectivity index (χ2n) is 4.12. The van der Waals surface area contributed by atoms with E-state index in [9.17, 15) is 13.8 Å². The molecule has 5 nitrogen and oxygen atoms in total. The van der Waals surface area contributed by atoms with Crippen molar-refractivity contribution >= 4 is 40.0 Å². The summed E-state index contributed by atoms with van der Waals surface area (Å²) in [6.45, 7) is 3.50. The summed E-state index contributed by atoms with van der Waals surface area (Å²) in [5, 5.41) is 11.4. The third kappa shape index (κ3) is 4.65. The van der Waals surface area contributed by atoms with Gasteiger partial charge in [0.2, 0.25) is 5.91 Å². The van der Waals surface area contributed by atoms with Gasteiger partial charge in [0.1, 0.15) is 5.75 Å². The van der Waals surface area contributed by atoms with Gasteiger partial charge in [-0.1, -0.05) is 25.4 Å². The van der Waals surface area contributed by atoms with Crippen LogP contribution in [0.2, 0.25) is 5.02 Å². The number of amides is 1. The zero-order valence-electron chi connectivity index (χ0n) is 10.5. The fourth-order valence-corrected chi connectivity index (χ4v) is 2.06. The van der Waals surface area contributed by atoms with Gasteiger partial charge < -0.3 is 10.4 Å². The molecule has 1 rings (SSSR count). The molecule has 19 heavy (non-hydrogen) atoms. The van der Waals surface area contributed by atoms with Crippen LogP contribution < -0.4 is 5.32 Å². The summed E-state index contributed by atoms with van der Waals surface area (Å²) in [6.07, 6.45) is 0. The topological polar surface area (TPSA) is 83.5 Å². The van der Waals surface area contributed by atoms with Gasteiger partial charge in [-0.2, -0.15) is 0 Å². The van der Waals surface area contributed by atoms with Crippen molar-refractivity contribution < 1.29 is 18.9 Å². The lowest BCUT2D eigenvalue weighted by Crippen LogP contribution is -2.23. The Balaban J connectivity index is 2.81. The first kappa shape index (κ1) is 15.7. The van der Waals surface area contributed by atoms with E-state index in [1.54, 1.807) is 13.8 Å². The molecule has 1 unspecified atom stereocenters. The number of halogens is 1. The number of anilines is 1. The van der Waals surface area contributed by atoms with E-state index in [1.807, 2.05) is 0 Å². The van der Waals surface area contributed by atoms with Crippen molar-refractivity contribution in [3.05, 3.63) is 28.8 Å². The lowest BCUT2D eigenvalue weighted by molar-refractivity contribution is -0.113. The van der Waals surface area contributed by atoms with Crippen LogP contribution in [-0.2, 0) is 15.6 Å². The van der Waals surface area contributed by atoms with Crippen LogP contribution in [0, 0.1) is 0 Å². The Morgan fingerprint density at radius 1 is 1.42 bits per heavy atom. The molecule has 0 saturated carbocycles. The number of carbonyl (C=O) groups is 2. The fraction of sp³-hybridized carbons (Fsp3) is 0.333. The maximum atomic E-state index is 11.7. The van der Waals surface area contributed by atoms with Gasteiger partial charge in [-0.25, -0.2) is 4.79 Å². The van der Waals surface area contributed by atoms with Gasteiger partial charge in [0.15, 0.2) is 0 Å². The third-order valence-electron chi connectivity index (χ3n) is 2.29. The first-order valence-electron chi connectivity index (χ1n) is 5.51. The number of carboxylic acids is 1. The molecule has 0 aliphatic heterocycles. The molecule has 104 valence electrons. The standard InChI is InChI=1S/C12H14ClNO4S/c1-7(2)19(18)6-11(15)14-10-5-8(12(16)17)3-4-9(10)13/h3-5,7H,6H2,1-2H3,(H,14,15)(H,16,17). The van der Waals surface area contributed by atoms with E-state index in [1.165, 1.54) is 18.2 Å². The van der Waals surface area contributed by atoms with Crippen molar-refractivity contribution in [2.75, 3.05) is 11.1 Å². The van der Waals surface area contributed by atoms with E-state index in [4.69, 9.17) is 16.7 Å². The molecule has 1 aromatic carbocycles. The predicted octanol–water partition coefficient (Wildman–Crippen LogP) is 2.13. The smallest absolute Gasteiger partial charge is 0.335 e. The largest absolute Gasteiger partial charge is 0.478 e. The molecular formula is C12H14ClNO4S. The average molecular weight is 304 g/mol. The monoisotopic (exact) mass is 303 g/mol. The number of aromatic carboxylic acids is 1. The minimum absolute atomic E-state index is 0.0182. The maximum absolute atomic E-state index is 11.7. The van der Waals surface area contributed by atoms with Crippen molar-refractivity contribution in [2.24, 2.45) is 0 Å². The van der Waals surface area contributed by atoms with E-state index in [-0.39, 0.29) is 27.3 Å². The van der Waals surface area contributed by atoms with Gasteiger partial charge in [0.05, 0.1) is 16.3 Å². The Bertz CT molecular complexity index is 530. The Hall–Kier alpha value is -1.40. The number of carbonyl (C=O) groups excluding carboxylic acids is 1. The minimum Gasteiger partial charge on any atom is -0.478 e. The number of nitrogens with one attached hydrogen (secondary N) is 1. The number of hydrogen-bond acceptors (Lipinski definition) is 3. The quantitative estimate of drug-likeness (QED) is 0.873. The molecule has 0 bridgehead atoms. The SMILES string of the molecule is CC(C)S(=O)CC(=O)Nc1cc(C(=O)O)ccc1Cl. The molecule has 0 spiro atoms. The van der Waals surface area contributed by atoms with Crippen molar-refractivity contribution in [2.45, 2.75) is 19.1 Å². The molecule has 0 radical (unpaired) electrons. The first-order valence-corrected chi connectivity index (χ1v) is 7.27. The molecule has 2 N–H and O–H groups in total. The third-order valence-corrected chi connectivity index (χ3v) is 4.21. The zero-order chi connectivity index (χ0) is 14.6. The van der Waals surface area contributed by atoms with Crippen LogP contribution >= 0.6 is 11.6 Å². The van der Waals surface area contributed by atoms with Gasteiger partial charge in [0, 0.05) is 16.0 Å². The van der Waals surface area contributed by atoms with Crippen molar-refractivity contribution in [1.29, 1.82) is 0 Å². The maximum Gasteiger partial charge on any atom is 0.335 e. The average Bonchev–Trinajstić information content (AvgIpc) is 2.31. The number of carboxylic acid groups (broad SMARTS) is 1. The van der Waals surface area contributed by atoms with E-state index in [0.29, 0.717) is 0 Å². The molecule has 1 atom stereocenters. The Kier molecular flexibility index (Phi) is 5.50. The lowest BCUT2D eigenvalue weighted by Gasteiger charge is -2.09. The number of benzene rings is 1. The normalized spacial score (nSPS) is 12.2. The van der Waals surface area contributed by atoms with Crippen LogP contribution in [0.3, 0.4) is 0 Å². The van der Waals surface area contributed by atoms with E-state index >= 15 is 0 Å². The van der Waals surface area contributed by atoms with Gasteiger partial charge >= 0.3 is 5.97 Å². The lowest BCUT2D eigenvalue weighted by atomic mass is 10.2. The highest BCUT2D eigenvalue weighted by molar-refractivity contribution is 7.86. The van der Waals surface area contributed by atoms with Crippen LogP contribution in [-0.4, -0.2) is 32.2 Å². The second kappa shape index (κ2) is 6.68. The molecule has 0 heterocycles. The van der Waals surface area contributed by atoms with Gasteiger partial charge in [-0.15, -0.1) is 0 Å². The summed E-state index contributed by atoms with van der Waals surface area (Å²) >= 11 is 5.86. The van der Waals surface area contributed by atoms with Gasteiger partial charge in [-0.3, -0.25) is 9.00 Å². The molecule has 0 fully saturated rings. The number of rotatable bonds is 5. The summed E-state index contributed by atoms with van der Waals surface area (Å²) in [7, 11) is -1.27. The highest BCUT2D eigenvalue weighted by Crippen LogP contribution is 2.23. The van der Waals surface area contributed by atoms with Crippen LogP contribution in [0.5, 0.6) is 0 Å². The highest BCUT2D eigenvalue weighted by Gasteiger charge is 2.14. The molecule has 0 aromatic heterocycles. The summed E-state index contributed by atoms with van der Waals surface area (Å²) < 4.78 is 11.5. The Labute approximate surface area is 118 Å². The van der Waals surface area contributed by atoms with E-state index in [2.05, 4.69) is 5.32 Å². The molecular weight excluding hydrogens is 290 g/mol. The van der Waals surface area contributed by atoms with Crippen LogP contribution in [0.1, 0.15) is 24.2 Å². The summed E-state index contributed by atoms with van der Waals surface area (Å²) in [5.41, 5.74) is 0.219. The summed E-state index contributed by atoms with van der Waals surface area (Å²) in [5.74, 6) is -1.72. The van der Waals surface area contributed by atoms with Crippen molar-refractivity contribution in [1.82, 2.24) is 0 Å². The Morgan fingerprint density at radius 3 is 2.58 bits per heavy atom. The van der Waals surface area contributed by atoms with Gasteiger partial charge in [0.25, 0.3) is 0 Å². The molecule has 7 heteroatoms. The molecule has 1 amide bonds. The fourth-order valence-electron chi connectivity index (χ4n) is 1.24. The first-order chi connectivity index (χ1) is 8.81. The van der Waals surface area contributed by atoms with Crippen LogP contribution in [0.15, 0.2) is 18.2 Å². The molecule has 0 aliphatic rings. The van der Waals surface area contributed by atoms with Crippen molar-refractivity contribution in [3.63, 3.8) is 0 Å². The predicted molar refractivity (Wildman–Crippen MR) is 75.2 cm³/mol. The summed E-state index contributed by atoms with van der Waals surface area (Å²) in [6, 6.07) is 3.99.